The number of methoxy groups -OCH3 is 1. The van der Waals surface area contributed by atoms with Crippen molar-refractivity contribution in [1.82, 2.24) is 9.19 Å². The zero-order valence-electron chi connectivity index (χ0n) is 12.2. The van der Waals surface area contributed by atoms with Crippen LogP contribution >= 0.6 is 0 Å². The average Bonchev–Trinajstić information content (AvgIpc) is 2.94. The predicted molar refractivity (Wildman–Crippen MR) is 80.3 cm³/mol. The molecule has 0 aliphatic carbocycles. The number of ether oxygens (including phenoxy) is 3. The minimum atomic E-state index is -0.393. The number of benzene rings is 1. The molecule has 0 amide bonds. The topological polar surface area (TPSA) is 53.5 Å². The quantitative estimate of drug-likeness (QED) is 0.625. The molecule has 2 heterocycles. The standard InChI is InChI=1S/C15H16N2O3Se/c1-5-6-19-12-8-10-9(7-11(12)18-4)13-14(21-17-16-13)15(2,3)20-10/h5,7-8H,1,6H2,2-4H3. The van der Waals surface area contributed by atoms with Crippen LogP contribution in [0.4, 0.5) is 0 Å². The molecule has 0 N–H and O–H groups in total. The summed E-state index contributed by atoms with van der Waals surface area (Å²) in [6, 6.07) is 3.75. The van der Waals surface area contributed by atoms with Gasteiger partial charge in [-0.1, -0.05) is 0 Å². The van der Waals surface area contributed by atoms with Gasteiger partial charge in [-0.2, -0.15) is 0 Å². The van der Waals surface area contributed by atoms with Crippen LogP contribution in [0.1, 0.15) is 18.3 Å². The Balaban J connectivity index is 2.14. The third kappa shape index (κ3) is 2.34. The summed E-state index contributed by atoms with van der Waals surface area (Å²) < 4.78 is 22.5. The first-order chi connectivity index (χ1) is 10.1. The second kappa shape index (κ2) is 5.20. The van der Waals surface area contributed by atoms with Crippen LogP contribution in [0.15, 0.2) is 24.8 Å². The molecule has 1 aliphatic rings. The van der Waals surface area contributed by atoms with E-state index in [1.54, 1.807) is 13.2 Å². The monoisotopic (exact) mass is 352 g/mol. The Labute approximate surface area is 129 Å². The normalized spacial score (nSPS) is 14.6. The molecule has 0 saturated carbocycles. The zero-order chi connectivity index (χ0) is 15.0. The summed E-state index contributed by atoms with van der Waals surface area (Å²) in [5, 5.41) is 4.30. The molecule has 6 heteroatoms. The van der Waals surface area contributed by atoms with Gasteiger partial charge in [-0.05, 0) is 0 Å². The molecule has 2 aromatic rings. The molecule has 0 spiro atoms. The van der Waals surface area contributed by atoms with Gasteiger partial charge < -0.3 is 0 Å². The fourth-order valence-electron chi connectivity index (χ4n) is 2.32. The maximum absolute atomic E-state index is 6.13. The predicted octanol–water partition coefficient (Wildman–Crippen LogP) is 2.40. The van der Waals surface area contributed by atoms with Gasteiger partial charge in [0.2, 0.25) is 0 Å². The maximum atomic E-state index is 6.13. The van der Waals surface area contributed by atoms with E-state index in [0.717, 1.165) is 21.4 Å². The van der Waals surface area contributed by atoms with E-state index in [0.29, 0.717) is 18.1 Å². The third-order valence-electron chi connectivity index (χ3n) is 3.28. The fourth-order valence-corrected chi connectivity index (χ4v) is 3.79. The van der Waals surface area contributed by atoms with Crippen LogP contribution < -0.4 is 14.2 Å². The molecule has 3 rings (SSSR count). The van der Waals surface area contributed by atoms with Crippen LogP contribution in [0.25, 0.3) is 11.3 Å². The van der Waals surface area contributed by atoms with Gasteiger partial charge in [0.1, 0.15) is 0 Å². The van der Waals surface area contributed by atoms with Crippen LogP contribution in [0.5, 0.6) is 17.2 Å². The molecule has 1 aromatic carbocycles. The summed E-state index contributed by atoms with van der Waals surface area (Å²) in [4.78, 5) is 0. The molecule has 1 aromatic heterocycles. The molecular weight excluding hydrogens is 335 g/mol. The molecule has 0 radical (unpaired) electrons. The van der Waals surface area contributed by atoms with Crippen molar-refractivity contribution in [3.63, 3.8) is 0 Å². The number of hydrogen-bond acceptors (Lipinski definition) is 5. The van der Waals surface area contributed by atoms with Crippen LogP contribution in [-0.2, 0) is 5.60 Å². The fraction of sp³-hybridized carbons (Fsp3) is 0.333. The van der Waals surface area contributed by atoms with Crippen molar-refractivity contribution in [3.8, 4) is 28.5 Å². The van der Waals surface area contributed by atoms with E-state index in [9.17, 15) is 0 Å². The van der Waals surface area contributed by atoms with Crippen molar-refractivity contribution in [1.29, 1.82) is 0 Å². The summed E-state index contributed by atoms with van der Waals surface area (Å²) in [6.07, 6.45) is 1.69. The summed E-state index contributed by atoms with van der Waals surface area (Å²) >= 11 is 0.00176. The number of fused-ring (bicyclic) bond motifs is 3. The summed E-state index contributed by atoms with van der Waals surface area (Å²) in [5.74, 6) is 2.03. The Morgan fingerprint density at radius 1 is 1.38 bits per heavy atom. The Morgan fingerprint density at radius 2 is 2.19 bits per heavy atom. The van der Waals surface area contributed by atoms with Gasteiger partial charge in [-0.15, -0.1) is 0 Å². The summed E-state index contributed by atoms with van der Waals surface area (Å²) in [5.41, 5.74) is 1.43. The number of hydrogen-bond donors (Lipinski definition) is 0. The Kier molecular flexibility index (Phi) is 3.51. The molecule has 0 saturated heterocycles. The molecule has 110 valence electrons. The van der Waals surface area contributed by atoms with Crippen LogP contribution in [-0.4, -0.2) is 37.6 Å². The van der Waals surface area contributed by atoms with E-state index in [2.05, 4.69) is 15.8 Å². The first kappa shape index (κ1) is 14.2. The van der Waals surface area contributed by atoms with Gasteiger partial charge >= 0.3 is 129 Å². The second-order valence-electron chi connectivity index (χ2n) is 5.16. The SMILES string of the molecule is C=CCOc1cc2c(cc1OC)-c1nn[se]c1C(C)(C)O2. The van der Waals surface area contributed by atoms with Crippen molar-refractivity contribution < 1.29 is 14.2 Å². The van der Waals surface area contributed by atoms with E-state index < -0.39 is 5.60 Å². The molecule has 0 unspecified atom stereocenters. The molecule has 5 nitrogen and oxygen atoms in total. The van der Waals surface area contributed by atoms with Crippen LogP contribution in [0.2, 0.25) is 0 Å². The Morgan fingerprint density at radius 3 is 2.90 bits per heavy atom. The van der Waals surface area contributed by atoms with Gasteiger partial charge in [0.05, 0.1) is 0 Å². The van der Waals surface area contributed by atoms with Crippen LogP contribution in [0, 0.1) is 0 Å². The molecule has 1 aliphatic heterocycles. The number of aromatic nitrogens is 2. The van der Waals surface area contributed by atoms with Crippen molar-refractivity contribution in [3.05, 3.63) is 29.2 Å². The van der Waals surface area contributed by atoms with Gasteiger partial charge in [0.15, 0.2) is 0 Å². The number of nitrogens with zero attached hydrogens (tertiary/aromatic N) is 2. The first-order valence-electron chi connectivity index (χ1n) is 6.54. The van der Waals surface area contributed by atoms with Crippen LogP contribution in [0.3, 0.4) is 0 Å². The molecular formula is C15H16N2O3Se. The Bertz CT molecular complexity index is 694. The zero-order valence-corrected chi connectivity index (χ0v) is 13.9. The summed E-state index contributed by atoms with van der Waals surface area (Å²) in [6.45, 7) is 8.15. The molecule has 0 bridgehead atoms. The van der Waals surface area contributed by atoms with Crippen molar-refractivity contribution in [2.75, 3.05) is 13.7 Å². The van der Waals surface area contributed by atoms with Gasteiger partial charge in [-0.25, -0.2) is 0 Å². The minimum absolute atomic E-state index is 0.00176. The van der Waals surface area contributed by atoms with Crippen molar-refractivity contribution in [2.45, 2.75) is 19.4 Å². The molecule has 0 atom stereocenters. The van der Waals surface area contributed by atoms with Gasteiger partial charge in [0, 0.05) is 0 Å². The van der Waals surface area contributed by atoms with E-state index in [-0.39, 0.29) is 14.7 Å². The Hall–Kier alpha value is -1.78. The average molecular weight is 351 g/mol. The second-order valence-corrected chi connectivity index (χ2v) is 6.74. The van der Waals surface area contributed by atoms with E-state index in [4.69, 9.17) is 14.2 Å². The van der Waals surface area contributed by atoms with Crippen molar-refractivity contribution >= 4 is 14.7 Å². The molecule has 21 heavy (non-hydrogen) atoms. The molecule has 0 fully saturated rings. The van der Waals surface area contributed by atoms with E-state index >= 15 is 0 Å². The first-order valence-corrected chi connectivity index (χ1v) is 8.17. The van der Waals surface area contributed by atoms with E-state index in [1.807, 2.05) is 26.0 Å². The van der Waals surface area contributed by atoms with Crippen molar-refractivity contribution in [2.24, 2.45) is 0 Å². The van der Waals surface area contributed by atoms with E-state index in [1.165, 1.54) is 0 Å². The summed E-state index contributed by atoms with van der Waals surface area (Å²) in [7, 11) is 1.62. The van der Waals surface area contributed by atoms with Gasteiger partial charge in [0.25, 0.3) is 0 Å². The van der Waals surface area contributed by atoms with Gasteiger partial charge in [-0.3, -0.25) is 0 Å². The number of rotatable bonds is 4. The third-order valence-corrected chi connectivity index (χ3v) is 5.44.